The van der Waals surface area contributed by atoms with Crippen molar-refractivity contribution in [3.8, 4) is 23.0 Å². The van der Waals surface area contributed by atoms with Crippen LogP contribution in [0.15, 0.2) is 30.5 Å². The molecule has 0 spiro atoms. The summed E-state index contributed by atoms with van der Waals surface area (Å²) in [6, 6.07) is 4.14. The molecule has 2 atom stereocenters. The molecule has 3 saturated heterocycles. The van der Waals surface area contributed by atoms with Gasteiger partial charge in [0.05, 0.1) is 27.7 Å². The molecule has 238 valence electrons. The summed E-state index contributed by atoms with van der Waals surface area (Å²) in [5.41, 5.74) is -2.48. The quantitative estimate of drug-likeness (QED) is 0.207. The number of pyridine rings is 1. The van der Waals surface area contributed by atoms with Gasteiger partial charge in [-0.05, 0) is 61.6 Å². The number of aromatic nitrogens is 3. The molecule has 2 aromatic carbocycles. The van der Waals surface area contributed by atoms with Crippen LogP contribution in [0.1, 0.15) is 24.8 Å². The van der Waals surface area contributed by atoms with E-state index >= 15 is 13.2 Å². The van der Waals surface area contributed by atoms with Gasteiger partial charge in [-0.3, -0.25) is 9.88 Å². The second kappa shape index (κ2) is 11.1. The highest BCUT2D eigenvalue weighted by Crippen LogP contribution is 2.46. The molecule has 3 aliphatic rings. The van der Waals surface area contributed by atoms with Crippen LogP contribution in [0.3, 0.4) is 0 Å². The third-order valence-corrected chi connectivity index (χ3v) is 9.45. The van der Waals surface area contributed by atoms with Gasteiger partial charge in [0, 0.05) is 56.3 Å². The summed E-state index contributed by atoms with van der Waals surface area (Å²) in [5, 5.41) is 6.22. The zero-order chi connectivity index (χ0) is 31.7. The van der Waals surface area contributed by atoms with Gasteiger partial charge >= 0.3 is 11.4 Å². The van der Waals surface area contributed by atoms with Crippen LogP contribution < -0.4 is 9.64 Å². The van der Waals surface area contributed by atoms with Crippen LogP contribution >= 0.6 is 11.6 Å². The van der Waals surface area contributed by atoms with Gasteiger partial charge in [-0.2, -0.15) is 18.7 Å². The molecule has 5 heterocycles. The highest BCUT2D eigenvalue weighted by atomic mass is 35.5. The Labute approximate surface area is 260 Å². The molecule has 1 N–H and O–H groups in total. The molecule has 7 rings (SSSR count). The number of aromatic hydroxyl groups is 1. The molecule has 14 heteroatoms. The lowest BCUT2D eigenvalue weighted by Gasteiger charge is -2.34. The molecule has 2 aromatic heterocycles. The average molecular weight is 649 g/mol. The first-order valence-electron chi connectivity index (χ1n) is 14.8. The summed E-state index contributed by atoms with van der Waals surface area (Å²) < 4.78 is 81.2. The van der Waals surface area contributed by atoms with E-state index in [0.29, 0.717) is 38.5 Å². The number of alkyl halides is 4. The first kappa shape index (κ1) is 30.1. The van der Waals surface area contributed by atoms with Crippen molar-refractivity contribution >= 4 is 39.1 Å². The Morgan fingerprint density at radius 2 is 1.89 bits per heavy atom. The van der Waals surface area contributed by atoms with Gasteiger partial charge in [0.25, 0.3) is 0 Å². The number of phenols is 1. The van der Waals surface area contributed by atoms with Crippen molar-refractivity contribution < 1.29 is 31.8 Å². The van der Waals surface area contributed by atoms with E-state index in [0.717, 1.165) is 31.5 Å². The van der Waals surface area contributed by atoms with E-state index in [9.17, 15) is 13.9 Å². The van der Waals surface area contributed by atoms with Crippen molar-refractivity contribution in [1.29, 1.82) is 0 Å². The van der Waals surface area contributed by atoms with Crippen LogP contribution in [-0.4, -0.2) is 94.5 Å². The summed E-state index contributed by atoms with van der Waals surface area (Å²) >= 11 is 5.76. The predicted molar refractivity (Wildman–Crippen MR) is 160 cm³/mol. The van der Waals surface area contributed by atoms with E-state index in [2.05, 4.69) is 24.8 Å². The van der Waals surface area contributed by atoms with Gasteiger partial charge in [0.1, 0.15) is 24.3 Å². The third-order valence-electron chi connectivity index (χ3n) is 9.27. The number of halogens is 6. The number of anilines is 1. The number of likely N-dealkylation sites (N-methyl/N-ethyl adjacent to an activating group) is 1. The first-order valence-corrected chi connectivity index (χ1v) is 15.2. The number of fused-ring (bicyclic) bond motifs is 3. The largest absolute Gasteiger partial charge is 0.508 e. The Morgan fingerprint density at radius 3 is 2.64 bits per heavy atom. The van der Waals surface area contributed by atoms with Crippen LogP contribution in [0, 0.1) is 11.6 Å². The molecule has 0 radical (unpaired) electrons. The molecular weight excluding hydrogens is 619 g/mol. The van der Waals surface area contributed by atoms with E-state index in [1.54, 1.807) is 0 Å². The van der Waals surface area contributed by atoms with Gasteiger partial charge in [0.15, 0.2) is 11.6 Å². The van der Waals surface area contributed by atoms with Crippen molar-refractivity contribution in [3.05, 3.63) is 47.7 Å². The first-order chi connectivity index (χ1) is 21.4. The van der Waals surface area contributed by atoms with Crippen LogP contribution in [-0.2, 0) is 5.38 Å². The van der Waals surface area contributed by atoms with Crippen molar-refractivity contribution in [3.63, 3.8) is 0 Å². The van der Waals surface area contributed by atoms with Gasteiger partial charge in [-0.25, -0.2) is 13.2 Å². The molecule has 0 amide bonds. The zero-order valence-corrected chi connectivity index (χ0v) is 25.1. The number of benzene rings is 2. The summed E-state index contributed by atoms with van der Waals surface area (Å²) in [6.07, 6.45) is 2.19. The van der Waals surface area contributed by atoms with Crippen molar-refractivity contribution in [2.45, 2.75) is 36.4 Å². The second-order valence-corrected chi connectivity index (χ2v) is 12.7. The molecule has 0 bridgehead atoms. The number of phenolic OH excluding ortho intramolecular Hbond substituents is 1. The maximum atomic E-state index is 15.5. The molecule has 8 nitrogen and oxygen atoms in total. The standard InChI is InChI=1S/C31H30ClF5N6O2/c1-41-7-9-42(10-8-41)28-21-14-38-26(20-12-19(44)11-17-3-4-22(34)25(35)23(17)20)24(31(32,36)37)27(21)39-29(40-28)45-16-30-5-2-6-43(30)15-18(33)13-30/h3-4,11-12,14,18,44H,2,5-10,13,15-16H2,1H3/t18-,30?/m1/s1. The van der Waals surface area contributed by atoms with Crippen LogP contribution in [0.2, 0.25) is 0 Å². The molecule has 3 fully saturated rings. The molecule has 0 saturated carbocycles. The Balaban J connectivity index is 1.43. The number of piperazine rings is 1. The zero-order valence-electron chi connectivity index (χ0n) is 24.3. The summed E-state index contributed by atoms with van der Waals surface area (Å²) in [7, 11) is 1.97. The molecular formula is C31H30ClF5N6O2. The predicted octanol–water partition coefficient (Wildman–Crippen LogP) is 5.82. The summed E-state index contributed by atoms with van der Waals surface area (Å²) in [6.45, 7) is 3.53. The smallest absolute Gasteiger partial charge is 0.352 e. The lowest BCUT2D eigenvalue weighted by atomic mass is 9.95. The van der Waals surface area contributed by atoms with E-state index in [1.807, 2.05) is 11.9 Å². The maximum Gasteiger partial charge on any atom is 0.352 e. The number of ether oxygens (including phenoxy) is 1. The highest BCUT2D eigenvalue weighted by Gasteiger charge is 2.49. The fourth-order valence-corrected chi connectivity index (χ4v) is 7.24. The monoisotopic (exact) mass is 648 g/mol. The number of hydrogen-bond donors (Lipinski definition) is 1. The second-order valence-electron chi connectivity index (χ2n) is 12.2. The minimum Gasteiger partial charge on any atom is -0.508 e. The minimum atomic E-state index is -4.09. The summed E-state index contributed by atoms with van der Waals surface area (Å²) in [4.78, 5) is 19.4. The van der Waals surface area contributed by atoms with E-state index < -0.39 is 40.0 Å². The van der Waals surface area contributed by atoms with Gasteiger partial charge < -0.3 is 19.6 Å². The molecule has 45 heavy (non-hydrogen) atoms. The Bertz CT molecular complexity index is 1800. The van der Waals surface area contributed by atoms with E-state index in [-0.39, 0.29) is 52.0 Å². The van der Waals surface area contributed by atoms with Crippen molar-refractivity contribution in [2.75, 3.05) is 57.8 Å². The number of hydrogen-bond acceptors (Lipinski definition) is 8. The van der Waals surface area contributed by atoms with Crippen LogP contribution in [0.25, 0.3) is 32.9 Å². The molecule has 4 aromatic rings. The van der Waals surface area contributed by atoms with Crippen LogP contribution in [0.4, 0.5) is 27.8 Å². The topological polar surface area (TPSA) is 77.9 Å². The Morgan fingerprint density at radius 1 is 1.11 bits per heavy atom. The van der Waals surface area contributed by atoms with E-state index in [1.165, 1.54) is 18.3 Å². The minimum absolute atomic E-state index is 0.0628. The lowest BCUT2D eigenvalue weighted by Crippen LogP contribution is -2.45. The van der Waals surface area contributed by atoms with Gasteiger partial charge in [-0.15, -0.1) is 0 Å². The van der Waals surface area contributed by atoms with Crippen LogP contribution in [0.5, 0.6) is 11.8 Å². The lowest BCUT2D eigenvalue weighted by molar-refractivity contribution is 0.0965. The number of rotatable bonds is 6. The fraction of sp³-hybridized carbons (Fsp3) is 0.452. The summed E-state index contributed by atoms with van der Waals surface area (Å²) in [5.74, 6) is -2.56. The third kappa shape index (κ3) is 5.28. The average Bonchev–Trinajstić information content (AvgIpc) is 3.52. The molecule has 1 unspecified atom stereocenters. The fourth-order valence-electron chi connectivity index (χ4n) is 7.06. The number of nitrogens with zero attached hydrogens (tertiary/aromatic N) is 6. The normalized spacial score (nSPS) is 22.9. The Hall–Kier alpha value is -3.55. The molecule has 0 aliphatic carbocycles. The van der Waals surface area contributed by atoms with Gasteiger partial charge in [-0.1, -0.05) is 6.07 Å². The SMILES string of the molecule is CN1CCN(c2nc(OCC34CCCN3C[C@H](F)C4)nc3c(C(F)(F)Cl)c(-c4cc(O)cc5ccc(F)c(F)c45)ncc23)CC1. The Kier molecular flexibility index (Phi) is 7.40. The maximum absolute atomic E-state index is 15.5. The highest BCUT2D eigenvalue weighted by molar-refractivity contribution is 6.23. The van der Waals surface area contributed by atoms with Crippen molar-refractivity contribution in [1.82, 2.24) is 24.8 Å². The van der Waals surface area contributed by atoms with Crippen molar-refractivity contribution in [2.24, 2.45) is 0 Å². The van der Waals surface area contributed by atoms with E-state index in [4.69, 9.17) is 16.3 Å². The molecule has 3 aliphatic heterocycles. The van der Waals surface area contributed by atoms with Gasteiger partial charge in [0.2, 0.25) is 0 Å².